The van der Waals surface area contributed by atoms with Gasteiger partial charge >= 0.3 is 0 Å². The Bertz CT molecular complexity index is 793. The lowest BCUT2D eigenvalue weighted by atomic mass is 9.99. The number of nitrogens with zero attached hydrogens (tertiary/aromatic N) is 1. The third-order valence-electron chi connectivity index (χ3n) is 4.18. The van der Waals surface area contributed by atoms with Gasteiger partial charge in [-0.25, -0.2) is 8.42 Å². The van der Waals surface area contributed by atoms with Gasteiger partial charge in [0.25, 0.3) is 0 Å². The number of ether oxygens (including phenoxy) is 1. The van der Waals surface area contributed by atoms with E-state index < -0.39 is 10.0 Å². The van der Waals surface area contributed by atoms with Crippen LogP contribution in [0, 0.1) is 0 Å². The van der Waals surface area contributed by atoms with E-state index in [2.05, 4.69) is 0 Å². The summed E-state index contributed by atoms with van der Waals surface area (Å²) >= 11 is 6.06. The molecule has 0 aromatic heterocycles. The average Bonchev–Trinajstić information content (AvgIpc) is 3.06. The Morgan fingerprint density at radius 1 is 1.17 bits per heavy atom. The minimum absolute atomic E-state index is 0.206. The van der Waals surface area contributed by atoms with Crippen molar-refractivity contribution in [3.8, 4) is 5.75 Å². The molecule has 0 amide bonds. The second kappa shape index (κ2) is 6.51. The van der Waals surface area contributed by atoms with E-state index in [0.29, 0.717) is 23.9 Å². The molecule has 1 aliphatic rings. The molecule has 1 fully saturated rings. The summed E-state index contributed by atoms with van der Waals surface area (Å²) in [6.07, 6.45) is 0.827. The summed E-state index contributed by atoms with van der Waals surface area (Å²) in [5.41, 5.74) is 1.18. The van der Waals surface area contributed by atoms with Crippen molar-refractivity contribution in [2.45, 2.75) is 17.2 Å². The normalized spacial score (nSPS) is 19.0. The van der Waals surface area contributed by atoms with E-state index in [1.165, 1.54) is 29.1 Å². The van der Waals surface area contributed by atoms with Gasteiger partial charge in [0.05, 0.1) is 17.0 Å². The molecule has 1 heterocycles. The van der Waals surface area contributed by atoms with Crippen LogP contribution in [0.25, 0.3) is 0 Å². The van der Waals surface area contributed by atoms with Gasteiger partial charge in [-0.3, -0.25) is 0 Å². The van der Waals surface area contributed by atoms with Crippen molar-refractivity contribution in [3.63, 3.8) is 0 Å². The van der Waals surface area contributed by atoms with Crippen LogP contribution in [0.3, 0.4) is 0 Å². The van der Waals surface area contributed by atoms with Crippen LogP contribution in [0.4, 0.5) is 0 Å². The van der Waals surface area contributed by atoms with Crippen molar-refractivity contribution in [1.29, 1.82) is 0 Å². The topological polar surface area (TPSA) is 46.6 Å². The zero-order chi connectivity index (χ0) is 16.4. The minimum Gasteiger partial charge on any atom is -0.495 e. The van der Waals surface area contributed by atoms with Crippen LogP contribution in [-0.2, 0) is 10.0 Å². The van der Waals surface area contributed by atoms with Gasteiger partial charge in [0.2, 0.25) is 10.0 Å². The molecule has 6 heteroatoms. The first-order valence-electron chi connectivity index (χ1n) is 7.41. The van der Waals surface area contributed by atoms with Gasteiger partial charge in [-0.05, 0) is 36.1 Å². The van der Waals surface area contributed by atoms with Crippen molar-refractivity contribution in [3.05, 3.63) is 59.1 Å². The van der Waals surface area contributed by atoms with Crippen LogP contribution < -0.4 is 4.74 Å². The van der Waals surface area contributed by atoms with Crippen molar-refractivity contribution >= 4 is 21.6 Å². The number of rotatable bonds is 4. The van der Waals surface area contributed by atoms with Gasteiger partial charge in [0.15, 0.2) is 0 Å². The smallest absolute Gasteiger partial charge is 0.243 e. The second-order valence-electron chi connectivity index (χ2n) is 5.56. The summed E-state index contributed by atoms with van der Waals surface area (Å²) in [5.74, 6) is 0.703. The second-order valence-corrected chi connectivity index (χ2v) is 7.90. The highest BCUT2D eigenvalue weighted by molar-refractivity contribution is 7.89. The molecule has 122 valence electrons. The summed E-state index contributed by atoms with van der Waals surface area (Å²) in [7, 11) is -2.03. The van der Waals surface area contributed by atoms with E-state index in [0.717, 1.165) is 6.42 Å². The van der Waals surface area contributed by atoms with Gasteiger partial charge in [-0.2, -0.15) is 4.31 Å². The Balaban J connectivity index is 1.82. The van der Waals surface area contributed by atoms with Crippen LogP contribution in [0.1, 0.15) is 17.9 Å². The standard InChI is InChI=1S/C17H18ClNO3S/c1-22-17-8-7-15(11-16(17)18)23(20,21)19-10-9-14(12-19)13-5-3-2-4-6-13/h2-8,11,14H,9-10,12H2,1H3. The predicted octanol–water partition coefficient (Wildman–Crippen LogP) is 3.53. The average molecular weight is 352 g/mol. The molecule has 1 atom stereocenters. The molecule has 3 rings (SSSR count). The van der Waals surface area contributed by atoms with Crippen molar-refractivity contribution < 1.29 is 13.2 Å². The lowest BCUT2D eigenvalue weighted by Crippen LogP contribution is -2.28. The summed E-state index contributed by atoms with van der Waals surface area (Å²) in [6, 6.07) is 14.6. The van der Waals surface area contributed by atoms with Gasteiger partial charge in [-0.1, -0.05) is 41.9 Å². The highest BCUT2D eigenvalue weighted by atomic mass is 35.5. The monoisotopic (exact) mass is 351 g/mol. The quantitative estimate of drug-likeness (QED) is 0.846. The molecule has 4 nitrogen and oxygen atoms in total. The Morgan fingerprint density at radius 3 is 2.57 bits per heavy atom. The van der Waals surface area contributed by atoms with Gasteiger partial charge < -0.3 is 4.74 Å². The van der Waals surface area contributed by atoms with E-state index in [9.17, 15) is 8.42 Å². The molecule has 0 N–H and O–H groups in total. The lowest BCUT2D eigenvalue weighted by Gasteiger charge is -2.17. The van der Waals surface area contributed by atoms with Crippen LogP contribution in [0.2, 0.25) is 5.02 Å². The summed E-state index contributed by atoms with van der Waals surface area (Å²) in [5, 5.41) is 0.299. The maximum atomic E-state index is 12.8. The molecule has 1 aliphatic heterocycles. The molecule has 1 saturated heterocycles. The highest BCUT2D eigenvalue weighted by Gasteiger charge is 2.33. The number of sulfonamides is 1. The van der Waals surface area contributed by atoms with Crippen LogP contribution >= 0.6 is 11.6 Å². The molecule has 23 heavy (non-hydrogen) atoms. The van der Waals surface area contributed by atoms with Gasteiger partial charge in [0, 0.05) is 13.1 Å². The SMILES string of the molecule is COc1ccc(S(=O)(=O)N2CCC(c3ccccc3)C2)cc1Cl. The van der Waals surface area contributed by atoms with Crippen molar-refractivity contribution in [1.82, 2.24) is 4.31 Å². The number of hydrogen-bond donors (Lipinski definition) is 0. The Labute approximate surface area is 141 Å². The third-order valence-corrected chi connectivity index (χ3v) is 6.34. The van der Waals surface area contributed by atoms with Crippen molar-refractivity contribution in [2.75, 3.05) is 20.2 Å². The maximum Gasteiger partial charge on any atom is 0.243 e. The molecule has 0 saturated carbocycles. The number of methoxy groups -OCH3 is 1. The zero-order valence-electron chi connectivity index (χ0n) is 12.8. The first kappa shape index (κ1) is 16.3. The Hall–Kier alpha value is -1.56. The van der Waals surface area contributed by atoms with E-state index in [-0.39, 0.29) is 10.8 Å². The van der Waals surface area contributed by atoms with Gasteiger partial charge in [0.1, 0.15) is 5.75 Å². The number of hydrogen-bond acceptors (Lipinski definition) is 3. The number of halogens is 1. The molecule has 1 unspecified atom stereocenters. The predicted molar refractivity (Wildman–Crippen MR) is 90.6 cm³/mol. The summed E-state index contributed by atoms with van der Waals surface area (Å²) in [4.78, 5) is 0.206. The van der Waals surface area contributed by atoms with E-state index in [4.69, 9.17) is 16.3 Å². The van der Waals surface area contributed by atoms with Crippen LogP contribution in [0.15, 0.2) is 53.4 Å². The van der Waals surface area contributed by atoms with E-state index in [1.54, 1.807) is 6.07 Å². The third kappa shape index (κ3) is 3.22. The summed E-state index contributed by atoms with van der Waals surface area (Å²) in [6.45, 7) is 1.02. The fourth-order valence-corrected chi connectivity index (χ4v) is 4.75. The molecule has 0 aliphatic carbocycles. The fraction of sp³-hybridized carbons (Fsp3) is 0.294. The van der Waals surface area contributed by atoms with Crippen LogP contribution in [0.5, 0.6) is 5.75 Å². The molecule has 0 spiro atoms. The first-order valence-corrected chi connectivity index (χ1v) is 9.23. The van der Waals surface area contributed by atoms with E-state index in [1.807, 2.05) is 30.3 Å². The minimum atomic E-state index is -3.53. The fourth-order valence-electron chi connectivity index (χ4n) is 2.90. The first-order chi connectivity index (χ1) is 11.0. The number of benzene rings is 2. The lowest BCUT2D eigenvalue weighted by molar-refractivity contribution is 0.414. The van der Waals surface area contributed by atoms with Crippen LogP contribution in [-0.4, -0.2) is 32.9 Å². The molecular weight excluding hydrogens is 334 g/mol. The molecule has 0 radical (unpaired) electrons. The largest absolute Gasteiger partial charge is 0.495 e. The molecule has 2 aromatic carbocycles. The van der Waals surface area contributed by atoms with Crippen molar-refractivity contribution in [2.24, 2.45) is 0 Å². The van der Waals surface area contributed by atoms with E-state index >= 15 is 0 Å². The molecule has 0 bridgehead atoms. The summed E-state index contributed by atoms with van der Waals surface area (Å²) < 4.78 is 32.2. The Morgan fingerprint density at radius 2 is 1.91 bits per heavy atom. The Kier molecular flexibility index (Phi) is 4.62. The molecular formula is C17H18ClNO3S. The van der Waals surface area contributed by atoms with Gasteiger partial charge in [-0.15, -0.1) is 0 Å². The molecule has 2 aromatic rings. The maximum absolute atomic E-state index is 12.8. The zero-order valence-corrected chi connectivity index (χ0v) is 14.3. The highest BCUT2D eigenvalue weighted by Crippen LogP contribution is 2.33.